The fourth-order valence-electron chi connectivity index (χ4n) is 3.79. The number of amides is 1. The first kappa shape index (κ1) is 18.0. The molecule has 0 radical (unpaired) electrons. The maximum Gasteiger partial charge on any atom is 0.350 e. The molecule has 1 atom stereocenters. The van der Waals surface area contributed by atoms with E-state index >= 15 is 0 Å². The van der Waals surface area contributed by atoms with Crippen LogP contribution in [0.4, 0.5) is 5.82 Å². The minimum Gasteiger partial charge on any atom is -0.365 e. The first-order valence-electron chi connectivity index (χ1n) is 9.27. The van der Waals surface area contributed by atoms with Crippen molar-refractivity contribution in [2.24, 2.45) is 12.8 Å². The third-order valence-electron chi connectivity index (χ3n) is 5.10. The average Bonchev–Trinajstić information content (AvgIpc) is 3.03. The molecule has 3 heterocycles. The van der Waals surface area contributed by atoms with Gasteiger partial charge in [-0.15, -0.1) is 0 Å². The molecule has 8 nitrogen and oxygen atoms in total. The molecule has 8 heteroatoms. The molecule has 28 heavy (non-hydrogen) atoms. The van der Waals surface area contributed by atoms with E-state index < -0.39 is 5.91 Å². The smallest absolute Gasteiger partial charge is 0.350 e. The van der Waals surface area contributed by atoms with Crippen LogP contribution in [0.1, 0.15) is 34.9 Å². The second-order valence-electron chi connectivity index (χ2n) is 6.96. The molecule has 0 unspecified atom stereocenters. The number of pyridine rings is 1. The first-order chi connectivity index (χ1) is 13.6. The van der Waals surface area contributed by atoms with Gasteiger partial charge in [0.25, 0.3) is 5.91 Å². The van der Waals surface area contributed by atoms with Crippen LogP contribution in [0, 0.1) is 0 Å². The Kier molecular flexibility index (Phi) is 4.68. The van der Waals surface area contributed by atoms with Gasteiger partial charge in [-0.25, -0.2) is 19.0 Å². The molecule has 0 bridgehead atoms. The van der Waals surface area contributed by atoms with Gasteiger partial charge in [-0.3, -0.25) is 4.79 Å². The van der Waals surface area contributed by atoms with Crippen LogP contribution in [0.5, 0.6) is 0 Å². The second-order valence-corrected chi connectivity index (χ2v) is 6.96. The molecule has 2 aromatic heterocycles. The lowest BCUT2D eigenvalue weighted by Crippen LogP contribution is -2.37. The number of nitrogens with zero attached hydrogens (tertiary/aromatic N) is 5. The largest absolute Gasteiger partial charge is 0.365 e. The fourth-order valence-corrected chi connectivity index (χ4v) is 3.79. The number of aryl methyl sites for hydroxylation is 1. The number of anilines is 1. The number of carbonyl (C=O) groups is 1. The van der Waals surface area contributed by atoms with E-state index in [1.165, 1.54) is 4.68 Å². The maximum atomic E-state index is 12.7. The molecule has 1 aliphatic heterocycles. The van der Waals surface area contributed by atoms with Crippen molar-refractivity contribution in [3.63, 3.8) is 0 Å². The maximum absolute atomic E-state index is 12.7. The minimum absolute atomic E-state index is 0.0330. The zero-order chi connectivity index (χ0) is 19.7. The van der Waals surface area contributed by atoms with Crippen LogP contribution in [-0.2, 0) is 7.05 Å². The van der Waals surface area contributed by atoms with Gasteiger partial charge in [-0.1, -0.05) is 18.2 Å². The molecule has 0 aliphatic carbocycles. The van der Waals surface area contributed by atoms with Gasteiger partial charge in [0.05, 0.1) is 11.3 Å². The van der Waals surface area contributed by atoms with E-state index in [1.807, 2.05) is 30.3 Å². The minimum atomic E-state index is -0.496. The molecule has 144 valence electrons. The van der Waals surface area contributed by atoms with Gasteiger partial charge in [0.15, 0.2) is 0 Å². The molecule has 0 saturated carbocycles. The van der Waals surface area contributed by atoms with Crippen LogP contribution >= 0.6 is 0 Å². The van der Waals surface area contributed by atoms with Crippen LogP contribution < -0.4 is 16.3 Å². The molecule has 1 aliphatic rings. The van der Waals surface area contributed by atoms with Gasteiger partial charge in [0.2, 0.25) is 0 Å². The summed E-state index contributed by atoms with van der Waals surface area (Å²) in [5.41, 5.74) is 6.55. The Labute approximate surface area is 162 Å². The van der Waals surface area contributed by atoms with Gasteiger partial charge >= 0.3 is 5.69 Å². The summed E-state index contributed by atoms with van der Waals surface area (Å²) < 4.78 is 3.04. The number of nitrogens with two attached hydrogens (primary N) is 1. The van der Waals surface area contributed by atoms with E-state index in [0.29, 0.717) is 17.9 Å². The van der Waals surface area contributed by atoms with Crippen molar-refractivity contribution in [3.05, 3.63) is 70.5 Å². The lowest BCUT2D eigenvalue weighted by Gasteiger charge is -2.33. The third kappa shape index (κ3) is 3.17. The number of carbonyl (C=O) groups excluding carboxylic acids is 1. The molecule has 1 fully saturated rings. The lowest BCUT2D eigenvalue weighted by molar-refractivity contribution is 0.100. The zero-order valence-corrected chi connectivity index (χ0v) is 15.7. The molecular weight excluding hydrogens is 356 g/mol. The summed E-state index contributed by atoms with van der Waals surface area (Å²) in [6.45, 7) is 1.39. The number of benzene rings is 1. The van der Waals surface area contributed by atoms with Gasteiger partial charge < -0.3 is 10.6 Å². The SMILES string of the molecule is Cn1nc([C@H]2CCCN(c3ncccc3C(N)=O)C2)n(-c2ccccc2)c1=O. The molecule has 1 aromatic carbocycles. The predicted octanol–water partition coefficient (Wildman–Crippen LogP) is 1.45. The predicted molar refractivity (Wildman–Crippen MR) is 106 cm³/mol. The molecule has 3 aromatic rings. The zero-order valence-electron chi connectivity index (χ0n) is 15.7. The van der Waals surface area contributed by atoms with E-state index in [9.17, 15) is 9.59 Å². The summed E-state index contributed by atoms with van der Waals surface area (Å²) in [5, 5.41) is 4.52. The second kappa shape index (κ2) is 7.30. The highest BCUT2D eigenvalue weighted by molar-refractivity contribution is 5.97. The Bertz CT molecular complexity index is 1060. The monoisotopic (exact) mass is 378 g/mol. The summed E-state index contributed by atoms with van der Waals surface area (Å²) in [5.74, 6) is 0.846. The number of aromatic nitrogens is 4. The molecule has 4 rings (SSSR count). The topological polar surface area (TPSA) is 99.0 Å². The summed E-state index contributed by atoms with van der Waals surface area (Å²) >= 11 is 0. The van der Waals surface area contributed by atoms with E-state index in [0.717, 1.165) is 30.9 Å². The number of rotatable bonds is 4. The van der Waals surface area contributed by atoms with Crippen molar-refractivity contribution in [1.29, 1.82) is 0 Å². The Morgan fingerprint density at radius 3 is 2.71 bits per heavy atom. The van der Waals surface area contributed by atoms with Gasteiger partial charge in [-0.2, -0.15) is 5.10 Å². The highest BCUT2D eigenvalue weighted by Gasteiger charge is 2.29. The molecule has 1 amide bonds. The first-order valence-corrected chi connectivity index (χ1v) is 9.27. The van der Waals surface area contributed by atoms with Crippen LogP contribution in [-0.4, -0.2) is 38.3 Å². The molecule has 0 spiro atoms. The molecular formula is C20H22N6O2. The molecule has 2 N–H and O–H groups in total. The number of hydrogen-bond donors (Lipinski definition) is 1. The Morgan fingerprint density at radius 2 is 1.96 bits per heavy atom. The van der Waals surface area contributed by atoms with Crippen molar-refractivity contribution >= 4 is 11.7 Å². The van der Waals surface area contributed by atoms with E-state index in [1.54, 1.807) is 29.9 Å². The Hall–Kier alpha value is -3.42. The highest BCUT2D eigenvalue weighted by Crippen LogP contribution is 2.30. The average molecular weight is 378 g/mol. The third-order valence-corrected chi connectivity index (χ3v) is 5.10. The van der Waals surface area contributed by atoms with Crippen molar-refractivity contribution in [1.82, 2.24) is 19.3 Å². The van der Waals surface area contributed by atoms with E-state index in [2.05, 4.69) is 15.0 Å². The number of para-hydroxylation sites is 1. The van der Waals surface area contributed by atoms with Gasteiger partial charge in [0, 0.05) is 32.3 Å². The van der Waals surface area contributed by atoms with Crippen LogP contribution in [0.15, 0.2) is 53.5 Å². The quantitative estimate of drug-likeness (QED) is 0.741. The number of primary amides is 1. The number of hydrogen-bond acceptors (Lipinski definition) is 5. The normalized spacial score (nSPS) is 16.9. The summed E-state index contributed by atoms with van der Waals surface area (Å²) in [6.07, 6.45) is 3.46. The fraction of sp³-hybridized carbons (Fsp3) is 0.300. The Balaban J connectivity index is 1.71. The van der Waals surface area contributed by atoms with E-state index in [4.69, 9.17) is 5.73 Å². The van der Waals surface area contributed by atoms with Crippen LogP contribution in [0.3, 0.4) is 0 Å². The van der Waals surface area contributed by atoms with Gasteiger partial charge in [-0.05, 0) is 37.1 Å². The van der Waals surface area contributed by atoms with Crippen molar-refractivity contribution < 1.29 is 4.79 Å². The highest BCUT2D eigenvalue weighted by atomic mass is 16.2. The van der Waals surface area contributed by atoms with Crippen molar-refractivity contribution in [3.8, 4) is 5.69 Å². The van der Waals surface area contributed by atoms with Crippen LogP contribution in [0.25, 0.3) is 5.69 Å². The van der Waals surface area contributed by atoms with E-state index in [-0.39, 0.29) is 11.6 Å². The summed E-state index contributed by atoms with van der Waals surface area (Å²) in [7, 11) is 1.66. The molecule has 1 saturated heterocycles. The van der Waals surface area contributed by atoms with Crippen molar-refractivity contribution in [2.75, 3.05) is 18.0 Å². The number of piperidine rings is 1. The Morgan fingerprint density at radius 1 is 1.18 bits per heavy atom. The van der Waals surface area contributed by atoms with Crippen molar-refractivity contribution in [2.45, 2.75) is 18.8 Å². The van der Waals surface area contributed by atoms with Crippen LogP contribution in [0.2, 0.25) is 0 Å². The lowest BCUT2D eigenvalue weighted by atomic mass is 9.96. The summed E-state index contributed by atoms with van der Waals surface area (Å²) in [4.78, 5) is 30.9. The summed E-state index contributed by atoms with van der Waals surface area (Å²) in [6, 6.07) is 12.9. The van der Waals surface area contributed by atoms with Gasteiger partial charge in [0.1, 0.15) is 11.6 Å². The standard InChI is InChI=1S/C20H22N6O2/c1-24-20(28)26(15-8-3-2-4-9-15)18(23-24)14-7-6-12-25(13-14)19-16(17(21)27)10-5-11-22-19/h2-5,8-11,14H,6-7,12-13H2,1H3,(H2,21,27)/t14-/m0/s1.